The van der Waals surface area contributed by atoms with Crippen molar-refractivity contribution in [2.24, 2.45) is 7.05 Å². The van der Waals surface area contributed by atoms with Crippen LogP contribution in [0.1, 0.15) is 5.56 Å². The van der Waals surface area contributed by atoms with Crippen LogP contribution in [0.4, 0.5) is 12.9 Å². The molecule has 2 nitrogen and oxygen atoms in total. The van der Waals surface area contributed by atoms with E-state index in [1.54, 1.807) is 0 Å². The summed E-state index contributed by atoms with van der Waals surface area (Å²) in [5.41, 5.74) is 1.33. The van der Waals surface area contributed by atoms with E-state index in [1.165, 1.54) is 5.56 Å². The number of benzene rings is 1. The second-order valence-corrected chi connectivity index (χ2v) is 3.48. The zero-order chi connectivity index (χ0) is 12.7. The molecular formula is C11H13BF4N2. The molecule has 0 N–H and O–H groups in total. The van der Waals surface area contributed by atoms with Crippen molar-refractivity contribution in [1.82, 2.24) is 4.57 Å². The first-order chi connectivity index (χ1) is 8.08. The molecule has 0 aliphatic rings. The van der Waals surface area contributed by atoms with Crippen molar-refractivity contribution in [2.45, 2.75) is 6.54 Å². The SMILES string of the molecule is C[n+]1ccn(Cc2ccccc2)c1.FB(F)F.[F-]. The predicted octanol–water partition coefficient (Wildman–Crippen LogP) is -0.755. The monoisotopic (exact) mass is 260 g/mol. The van der Waals surface area contributed by atoms with E-state index in [0.29, 0.717) is 0 Å². The molecule has 0 radical (unpaired) electrons. The van der Waals surface area contributed by atoms with Crippen molar-refractivity contribution < 1.29 is 22.2 Å². The van der Waals surface area contributed by atoms with Crippen LogP contribution in [0.5, 0.6) is 0 Å². The van der Waals surface area contributed by atoms with Crippen molar-refractivity contribution in [3.8, 4) is 0 Å². The summed E-state index contributed by atoms with van der Waals surface area (Å²) in [6, 6.07) is 10.5. The average molecular weight is 260 g/mol. The Kier molecular flexibility index (Phi) is 7.50. The smallest absolute Gasteiger partial charge is 0.762 e. The number of hydrogen-bond donors (Lipinski definition) is 0. The van der Waals surface area contributed by atoms with Gasteiger partial charge in [0.05, 0.1) is 7.05 Å². The van der Waals surface area contributed by atoms with Gasteiger partial charge in [0, 0.05) is 0 Å². The molecule has 1 aromatic heterocycles. The molecule has 2 rings (SSSR count). The maximum absolute atomic E-state index is 9.67. The van der Waals surface area contributed by atoms with Crippen molar-refractivity contribution in [3.63, 3.8) is 0 Å². The minimum absolute atomic E-state index is 0. The van der Waals surface area contributed by atoms with E-state index < -0.39 is 7.54 Å². The number of nitrogens with zero attached hydrogens (tertiary/aromatic N) is 2. The predicted molar refractivity (Wildman–Crippen MR) is 60.2 cm³/mol. The van der Waals surface area contributed by atoms with E-state index in [-0.39, 0.29) is 4.70 Å². The summed E-state index contributed by atoms with van der Waals surface area (Å²) in [6.07, 6.45) is 6.20. The third kappa shape index (κ3) is 6.72. The van der Waals surface area contributed by atoms with Gasteiger partial charge in [-0.2, -0.15) is 0 Å². The van der Waals surface area contributed by atoms with Gasteiger partial charge in [0.2, 0.25) is 6.33 Å². The molecule has 0 saturated carbocycles. The van der Waals surface area contributed by atoms with Gasteiger partial charge >= 0.3 is 7.54 Å². The fraction of sp³-hybridized carbons (Fsp3) is 0.182. The molecule has 1 heterocycles. The number of halogens is 4. The lowest BCUT2D eigenvalue weighted by atomic mass is 10.2. The highest BCUT2D eigenvalue weighted by atomic mass is 19.4. The molecule has 2 aromatic rings. The minimum atomic E-state index is -3.67. The Morgan fingerprint density at radius 3 is 2.17 bits per heavy atom. The molecule has 7 heteroatoms. The highest BCUT2D eigenvalue weighted by Crippen LogP contribution is 2.00. The summed E-state index contributed by atoms with van der Waals surface area (Å²) in [5, 5.41) is 0. The van der Waals surface area contributed by atoms with Gasteiger partial charge < -0.3 is 4.70 Å². The van der Waals surface area contributed by atoms with Crippen LogP contribution < -0.4 is 9.27 Å². The second-order valence-electron chi connectivity index (χ2n) is 3.48. The Labute approximate surface area is 103 Å². The lowest BCUT2D eigenvalue weighted by molar-refractivity contribution is -0.671. The lowest BCUT2D eigenvalue weighted by Crippen LogP contribution is -3.00. The van der Waals surface area contributed by atoms with Crippen molar-refractivity contribution in [2.75, 3.05) is 0 Å². The van der Waals surface area contributed by atoms with Crippen molar-refractivity contribution in [3.05, 3.63) is 54.6 Å². The van der Waals surface area contributed by atoms with Gasteiger partial charge in [0.15, 0.2) is 0 Å². The van der Waals surface area contributed by atoms with Crippen LogP contribution in [-0.4, -0.2) is 12.1 Å². The third-order valence-electron chi connectivity index (χ3n) is 2.03. The summed E-state index contributed by atoms with van der Waals surface area (Å²) in [4.78, 5) is 0. The first-order valence-corrected chi connectivity index (χ1v) is 5.05. The quantitative estimate of drug-likeness (QED) is 0.381. The maximum atomic E-state index is 9.67. The number of aromatic nitrogens is 2. The second kappa shape index (κ2) is 8.33. The zero-order valence-electron chi connectivity index (χ0n) is 9.81. The van der Waals surface area contributed by atoms with E-state index in [9.17, 15) is 12.9 Å². The van der Waals surface area contributed by atoms with Gasteiger partial charge in [-0.3, -0.25) is 12.9 Å². The Morgan fingerprint density at radius 2 is 1.72 bits per heavy atom. The molecule has 0 amide bonds. The summed E-state index contributed by atoms with van der Waals surface area (Å²) < 4.78 is 33.2. The van der Waals surface area contributed by atoms with Crippen LogP contribution in [0, 0.1) is 0 Å². The van der Waals surface area contributed by atoms with Crippen LogP contribution in [0.3, 0.4) is 0 Å². The van der Waals surface area contributed by atoms with Gasteiger partial charge in [0.25, 0.3) is 0 Å². The molecule has 98 valence electrons. The van der Waals surface area contributed by atoms with Gasteiger partial charge in [-0.1, -0.05) is 30.3 Å². The van der Waals surface area contributed by atoms with E-state index in [1.807, 2.05) is 23.9 Å². The highest BCUT2D eigenvalue weighted by molar-refractivity contribution is 6.33. The lowest BCUT2D eigenvalue weighted by Gasteiger charge is -1.95. The molecule has 0 bridgehead atoms. The van der Waals surface area contributed by atoms with Gasteiger partial charge in [-0.25, -0.2) is 9.13 Å². The van der Waals surface area contributed by atoms with Gasteiger partial charge in [0.1, 0.15) is 18.9 Å². The van der Waals surface area contributed by atoms with E-state index in [2.05, 4.69) is 41.4 Å². The highest BCUT2D eigenvalue weighted by Gasteiger charge is 2.06. The molecular weight excluding hydrogens is 247 g/mol. The fourth-order valence-electron chi connectivity index (χ4n) is 1.39. The molecule has 18 heavy (non-hydrogen) atoms. The molecule has 0 unspecified atom stereocenters. The Bertz CT molecular complexity index is 431. The Hall–Kier alpha value is -1.79. The number of aryl methyl sites for hydroxylation is 1. The van der Waals surface area contributed by atoms with Gasteiger partial charge in [-0.15, -0.1) is 0 Å². The Balaban J connectivity index is 0.000000512. The molecule has 0 fully saturated rings. The molecule has 0 aliphatic heterocycles. The van der Waals surface area contributed by atoms with E-state index in [0.717, 1.165) is 6.54 Å². The average Bonchev–Trinajstić information content (AvgIpc) is 2.65. The topological polar surface area (TPSA) is 8.81 Å². The third-order valence-corrected chi connectivity index (χ3v) is 2.03. The normalized spacial score (nSPS) is 8.89. The van der Waals surface area contributed by atoms with Crippen molar-refractivity contribution in [1.29, 1.82) is 0 Å². The molecule has 0 saturated heterocycles. The first-order valence-electron chi connectivity index (χ1n) is 5.05. The van der Waals surface area contributed by atoms with E-state index in [4.69, 9.17) is 0 Å². The van der Waals surface area contributed by atoms with Gasteiger partial charge in [-0.05, 0) is 5.56 Å². The summed E-state index contributed by atoms with van der Waals surface area (Å²) in [5.74, 6) is 0. The van der Waals surface area contributed by atoms with Crippen LogP contribution in [0.15, 0.2) is 49.1 Å². The molecule has 1 aromatic carbocycles. The van der Waals surface area contributed by atoms with Crippen LogP contribution in [0.25, 0.3) is 0 Å². The number of imidazole rings is 1. The fourth-order valence-corrected chi connectivity index (χ4v) is 1.39. The largest absolute Gasteiger partial charge is 1.00 e. The standard InChI is InChI=1S/C11H13N2.BF3.FH/c1-12-7-8-13(10-12)9-11-5-3-2-4-6-11;2-1(3)4;/h2-8,10H,9H2,1H3;;1H/q+1;;/p-1. The van der Waals surface area contributed by atoms with E-state index >= 15 is 0 Å². The first kappa shape index (κ1) is 16.2. The van der Waals surface area contributed by atoms with Crippen LogP contribution >= 0.6 is 0 Å². The Morgan fingerprint density at radius 1 is 1.17 bits per heavy atom. The maximum Gasteiger partial charge on any atom is 0.762 e. The summed E-state index contributed by atoms with van der Waals surface area (Å²) in [7, 11) is -1.64. The molecule has 0 atom stereocenters. The minimum Gasteiger partial charge on any atom is -1.00 e. The number of rotatable bonds is 2. The molecule has 0 spiro atoms. The summed E-state index contributed by atoms with van der Waals surface area (Å²) >= 11 is 0. The van der Waals surface area contributed by atoms with Crippen LogP contribution in [-0.2, 0) is 13.6 Å². The zero-order valence-corrected chi connectivity index (χ0v) is 9.81. The van der Waals surface area contributed by atoms with Crippen molar-refractivity contribution >= 4 is 7.54 Å². The van der Waals surface area contributed by atoms with Crippen LogP contribution in [0.2, 0.25) is 0 Å². The number of hydrogen-bond acceptors (Lipinski definition) is 0. The summed E-state index contributed by atoms with van der Waals surface area (Å²) in [6.45, 7) is 0.946. The molecule has 0 aliphatic carbocycles.